The molecule has 0 spiro atoms. The Morgan fingerprint density at radius 2 is 1.64 bits per heavy atom. The summed E-state index contributed by atoms with van der Waals surface area (Å²) in [6, 6.07) is 16.3. The highest BCUT2D eigenvalue weighted by atomic mass is 32.2. The Balaban J connectivity index is 1.48. The lowest BCUT2D eigenvalue weighted by Gasteiger charge is -2.22. The molecule has 2 aromatic rings. The first-order valence-corrected chi connectivity index (χ1v) is 12.1. The van der Waals surface area contributed by atoms with Gasteiger partial charge in [0, 0.05) is 28.8 Å². The Labute approximate surface area is 171 Å². The van der Waals surface area contributed by atoms with Crippen LogP contribution >= 0.6 is 11.8 Å². The summed E-state index contributed by atoms with van der Waals surface area (Å²) in [6.07, 6.45) is 5.50. The van der Waals surface area contributed by atoms with Crippen LogP contribution in [0.1, 0.15) is 38.5 Å². The van der Waals surface area contributed by atoms with Gasteiger partial charge in [-0.25, -0.2) is 13.1 Å². The predicted octanol–water partition coefficient (Wildman–Crippen LogP) is 4.42. The molecule has 0 aliphatic heterocycles. The molecule has 1 aliphatic carbocycles. The van der Waals surface area contributed by atoms with Crippen molar-refractivity contribution in [2.75, 3.05) is 11.1 Å². The Hall–Kier alpha value is -1.83. The standard InChI is InChI=1S/C21H26N2O3S2/c24-21(15-16-27-19-9-5-2-6-10-19)22-17-11-13-20(14-12-17)28(25,26)23-18-7-3-1-4-8-18/h2,5-6,9-14,18,23H,1,3-4,7-8,15-16H2,(H,22,24). The van der Waals surface area contributed by atoms with Crippen molar-refractivity contribution in [1.82, 2.24) is 4.72 Å². The molecule has 150 valence electrons. The zero-order valence-electron chi connectivity index (χ0n) is 15.8. The smallest absolute Gasteiger partial charge is 0.240 e. The van der Waals surface area contributed by atoms with Gasteiger partial charge in [-0.3, -0.25) is 4.79 Å². The molecule has 0 aromatic heterocycles. The first-order valence-electron chi connectivity index (χ1n) is 9.63. The van der Waals surface area contributed by atoms with Gasteiger partial charge in [-0.1, -0.05) is 37.5 Å². The number of amides is 1. The molecule has 1 fully saturated rings. The summed E-state index contributed by atoms with van der Waals surface area (Å²) in [6.45, 7) is 0. The van der Waals surface area contributed by atoms with Gasteiger partial charge in [-0.05, 0) is 49.2 Å². The molecule has 1 aliphatic rings. The lowest BCUT2D eigenvalue weighted by molar-refractivity contribution is -0.115. The maximum absolute atomic E-state index is 12.5. The summed E-state index contributed by atoms with van der Waals surface area (Å²) in [5.41, 5.74) is 0.603. The zero-order valence-corrected chi connectivity index (χ0v) is 17.4. The van der Waals surface area contributed by atoms with Crippen molar-refractivity contribution >= 4 is 33.4 Å². The minimum atomic E-state index is -3.52. The van der Waals surface area contributed by atoms with Crippen LogP contribution in [0.15, 0.2) is 64.4 Å². The maximum atomic E-state index is 12.5. The Morgan fingerprint density at radius 3 is 2.32 bits per heavy atom. The largest absolute Gasteiger partial charge is 0.326 e. The van der Waals surface area contributed by atoms with E-state index in [1.165, 1.54) is 6.42 Å². The fraction of sp³-hybridized carbons (Fsp3) is 0.381. The fourth-order valence-corrected chi connectivity index (χ4v) is 5.40. The lowest BCUT2D eigenvalue weighted by atomic mass is 9.96. The number of sulfonamides is 1. The third-order valence-corrected chi connectivity index (χ3v) is 7.27. The molecule has 1 saturated carbocycles. The van der Waals surface area contributed by atoms with Crippen molar-refractivity contribution in [1.29, 1.82) is 0 Å². The van der Waals surface area contributed by atoms with Gasteiger partial charge in [0.2, 0.25) is 15.9 Å². The third-order valence-electron chi connectivity index (χ3n) is 4.72. The molecule has 0 unspecified atom stereocenters. The maximum Gasteiger partial charge on any atom is 0.240 e. The fourth-order valence-electron chi connectivity index (χ4n) is 3.23. The van der Waals surface area contributed by atoms with E-state index in [0.29, 0.717) is 17.9 Å². The van der Waals surface area contributed by atoms with E-state index in [-0.39, 0.29) is 16.8 Å². The molecule has 3 rings (SSSR count). The Morgan fingerprint density at radius 1 is 0.964 bits per heavy atom. The minimum Gasteiger partial charge on any atom is -0.326 e. The highest BCUT2D eigenvalue weighted by molar-refractivity contribution is 7.99. The number of nitrogens with one attached hydrogen (secondary N) is 2. The summed E-state index contributed by atoms with van der Waals surface area (Å²) in [7, 11) is -3.52. The molecule has 0 radical (unpaired) electrons. The van der Waals surface area contributed by atoms with Gasteiger partial charge in [-0.2, -0.15) is 0 Å². The molecule has 0 bridgehead atoms. The van der Waals surface area contributed by atoms with Gasteiger partial charge in [0.05, 0.1) is 4.90 Å². The number of hydrogen-bond acceptors (Lipinski definition) is 4. The summed E-state index contributed by atoms with van der Waals surface area (Å²) >= 11 is 1.63. The Bertz CT molecular complexity index is 862. The third kappa shape index (κ3) is 6.36. The molecule has 28 heavy (non-hydrogen) atoms. The number of thioether (sulfide) groups is 1. The van der Waals surface area contributed by atoms with Crippen molar-refractivity contribution in [2.45, 2.75) is 54.4 Å². The van der Waals surface area contributed by atoms with Crippen LogP contribution in [0.3, 0.4) is 0 Å². The van der Waals surface area contributed by atoms with Crippen molar-refractivity contribution in [3.63, 3.8) is 0 Å². The van der Waals surface area contributed by atoms with Gasteiger partial charge in [0.25, 0.3) is 0 Å². The number of hydrogen-bond donors (Lipinski definition) is 2. The molecular formula is C21H26N2O3S2. The topological polar surface area (TPSA) is 75.3 Å². The average Bonchev–Trinajstić information content (AvgIpc) is 2.70. The van der Waals surface area contributed by atoms with E-state index in [4.69, 9.17) is 0 Å². The monoisotopic (exact) mass is 418 g/mol. The van der Waals surface area contributed by atoms with Gasteiger partial charge in [-0.15, -0.1) is 11.8 Å². The molecule has 0 atom stereocenters. The van der Waals surface area contributed by atoms with Crippen LogP contribution in [0.2, 0.25) is 0 Å². The molecule has 0 heterocycles. The number of anilines is 1. The molecule has 2 aromatic carbocycles. The molecule has 7 heteroatoms. The van der Waals surface area contributed by atoms with Crippen LogP contribution in [0.4, 0.5) is 5.69 Å². The Kier molecular flexibility index (Phi) is 7.53. The number of carbonyl (C=O) groups is 1. The van der Waals surface area contributed by atoms with E-state index in [9.17, 15) is 13.2 Å². The predicted molar refractivity (Wildman–Crippen MR) is 114 cm³/mol. The van der Waals surface area contributed by atoms with Gasteiger partial charge in [0.1, 0.15) is 0 Å². The van der Waals surface area contributed by atoms with E-state index in [1.54, 1.807) is 36.0 Å². The van der Waals surface area contributed by atoms with Crippen LogP contribution in [-0.2, 0) is 14.8 Å². The number of carbonyl (C=O) groups excluding carboxylic acids is 1. The second-order valence-electron chi connectivity index (χ2n) is 6.94. The van der Waals surface area contributed by atoms with E-state index in [0.717, 1.165) is 30.6 Å². The SMILES string of the molecule is O=C(CCSc1ccccc1)Nc1ccc(S(=O)(=O)NC2CCCCC2)cc1. The second kappa shape index (κ2) is 10.1. The molecule has 2 N–H and O–H groups in total. The zero-order chi connectivity index (χ0) is 19.8. The van der Waals surface area contributed by atoms with Crippen molar-refractivity contribution in [3.8, 4) is 0 Å². The van der Waals surface area contributed by atoms with Crippen LogP contribution in [0, 0.1) is 0 Å². The summed E-state index contributed by atoms with van der Waals surface area (Å²) < 4.78 is 27.8. The number of rotatable bonds is 8. The summed E-state index contributed by atoms with van der Waals surface area (Å²) in [5, 5.41) is 2.82. The molecule has 1 amide bonds. The molecular weight excluding hydrogens is 392 g/mol. The van der Waals surface area contributed by atoms with Crippen LogP contribution in [0.25, 0.3) is 0 Å². The average molecular weight is 419 g/mol. The van der Waals surface area contributed by atoms with E-state index in [2.05, 4.69) is 10.0 Å². The van der Waals surface area contributed by atoms with Crippen LogP contribution in [0.5, 0.6) is 0 Å². The van der Waals surface area contributed by atoms with Crippen molar-refractivity contribution in [3.05, 3.63) is 54.6 Å². The molecule has 5 nitrogen and oxygen atoms in total. The first-order chi connectivity index (χ1) is 13.5. The van der Waals surface area contributed by atoms with Gasteiger partial charge < -0.3 is 5.32 Å². The lowest BCUT2D eigenvalue weighted by Crippen LogP contribution is -2.36. The van der Waals surface area contributed by atoms with Gasteiger partial charge >= 0.3 is 0 Å². The van der Waals surface area contributed by atoms with Crippen LogP contribution < -0.4 is 10.0 Å². The second-order valence-corrected chi connectivity index (χ2v) is 9.82. The van der Waals surface area contributed by atoms with Crippen molar-refractivity contribution < 1.29 is 13.2 Å². The van der Waals surface area contributed by atoms with Crippen molar-refractivity contribution in [2.24, 2.45) is 0 Å². The highest BCUT2D eigenvalue weighted by Crippen LogP contribution is 2.21. The van der Waals surface area contributed by atoms with Gasteiger partial charge in [0.15, 0.2) is 0 Å². The molecule has 0 saturated heterocycles. The van der Waals surface area contributed by atoms with E-state index in [1.807, 2.05) is 30.3 Å². The minimum absolute atomic E-state index is 0.0280. The highest BCUT2D eigenvalue weighted by Gasteiger charge is 2.21. The van der Waals surface area contributed by atoms with E-state index < -0.39 is 10.0 Å². The normalized spacial score (nSPS) is 15.3. The van der Waals surface area contributed by atoms with E-state index >= 15 is 0 Å². The quantitative estimate of drug-likeness (QED) is 0.622. The first kappa shape index (κ1) is 20.9. The van der Waals surface area contributed by atoms with Crippen LogP contribution in [-0.4, -0.2) is 26.1 Å². The number of benzene rings is 2. The summed E-state index contributed by atoms with van der Waals surface area (Å²) in [5.74, 6) is 0.604. The summed E-state index contributed by atoms with van der Waals surface area (Å²) in [4.78, 5) is 13.5.